The van der Waals surface area contributed by atoms with E-state index in [0.717, 1.165) is 32.1 Å². The molecule has 1 unspecified atom stereocenters. The molecule has 1 aliphatic rings. The van der Waals surface area contributed by atoms with E-state index < -0.39 is 11.6 Å². The number of para-hydroxylation sites is 1. The van der Waals surface area contributed by atoms with E-state index in [-0.39, 0.29) is 18.9 Å². The van der Waals surface area contributed by atoms with Gasteiger partial charge in [-0.05, 0) is 25.0 Å². The van der Waals surface area contributed by atoms with Crippen LogP contribution in [0, 0.1) is 17.8 Å². The molecule has 0 bridgehead atoms. The van der Waals surface area contributed by atoms with Crippen molar-refractivity contribution in [3.8, 4) is 17.6 Å². The Balaban J connectivity index is 2.32. The van der Waals surface area contributed by atoms with E-state index in [1.807, 2.05) is 18.2 Å². The van der Waals surface area contributed by atoms with E-state index in [1.165, 1.54) is 0 Å². The van der Waals surface area contributed by atoms with Crippen molar-refractivity contribution in [2.75, 3.05) is 6.54 Å². The molecule has 1 atom stereocenters. The number of ether oxygens (including phenoxy) is 1. The van der Waals surface area contributed by atoms with Gasteiger partial charge in [0, 0.05) is 5.92 Å². The van der Waals surface area contributed by atoms with Gasteiger partial charge >= 0.3 is 5.97 Å². The average molecular weight is 301 g/mol. The number of carbonyl (C=O) groups is 1. The minimum absolute atomic E-state index is 0.0222. The highest BCUT2D eigenvalue weighted by atomic mass is 16.5. The Hall–Kier alpha value is -1.99. The van der Waals surface area contributed by atoms with Crippen LogP contribution in [0.5, 0.6) is 5.75 Å². The van der Waals surface area contributed by atoms with E-state index in [0.29, 0.717) is 5.75 Å². The molecule has 4 nitrogen and oxygen atoms in total. The topological polar surface area (TPSA) is 72.5 Å². The van der Waals surface area contributed by atoms with Crippen molar-refractivity contribution in [2.24, 2.45) is 11.7 Å². The van der Waals surface area contributed by atoms with Crippen molar-refractivity contribution < 1.29 is 14.6 Å². The molecule has 3 N–H and O–H groups in total. The van der Waals surface area contributed by atoms with Crippen LogP contribution in [0.4, 0.5) is 0 Å². The van der Waals surface area contributed by atoms with Crippen LogP contribution >= 0.6 is 0 Å². The second-order valence-corrected chi connectivity index (χ2v) is 5.68. The van der Waals surface area contributed by atoms with E-state index >= 15 is 0 Å². The molecule has 1 saturated carbocycles. The van der Waals surface area contributed by atoms with Crippen LogP contribution in [-0.4, -0.2) is 23.2 Å². The Morgan fingerprint density at radius 3 is 2.50 bits per heavy atom. The Labute approximate surface area is 131 Å². The van der Waals surface area contributed by atoms with Crippen molar-refractivity contribution in [1.82, 2.24) is 0 Å². The lowest BCUT2D eigenvalue weighted by Gasteiger charge is -2.38. The maximum atomic E-state index is 12.1. The lowest BCUT2D eigenvalue weighted by molar-refractivity contribution is -0.161. The van der Waals surface area contributed by atoms with Gasteiger partial charge in [0.1, 0.15) is 5.75 Å². The molecule has 0 radical (unpaired) electrons. The molecule has 4 heteroatoms. The van der Waals surface area contributed by atoms with Crippen molar-refractivity contribution >= 4 is 5.97 Å². The van der Waals surface area contributed by atoms with Crippen LogP contribution in [-0.2, 0) is 4.79 Å². The molecule has 1 aromatic carbocycles. The molecule has 1 aromatic rings. The Morgan fingerprint density at radius 1 is 1.23 bits per heavy atom. The number of hydrogen-bond acceptors (Lipinski definition) is 3. The standard InChI is InChI=1S/C18H23NO3/c19-14-8-7-13-18(17(20)21,15-9-3-1-4-10-15)22-16-11-5-2-6-12-16/h2,5-6,11-12,15H,1,3-4,9-10,13-14,19H2,(H,20,21). The predicted molar refractivity (Wildman–Crippen MR) is 85.5 cm³/mol. The molecule has 0 aliphatic heterocycles. The van der Waals surface area contributed by atoms with Crippen LogP contribution in [0.15, 0.2) is 30.3 Å². The summed E-state index contributed by atoms with van der Waals surface area (Å²) < 4.78 is 6.01. The lowest BCUT2D eigenvalue weighted by atomic mass is 9.75. The normalized spacial score (nSPS) is 17.9. The lowest BCUT2D eigenvalue weighted by Crippen LogP contribution is -2.51. The summed E-state index contributed by atoms with van der Waals surface area (Å²) in [6, 6.07) is 9.14. The summed E-state index contributed by atoms with van der Waals surface area (Å²) in [6.45, 7) is 0.228. The summed E-state index contributed by atoms with van der Waals surface area (Å²) in [7, 11) is 0. The molecule has 1 fully saturated rings. The predicted octanol–water partition coefficient (Wildman–Crippen LogP) is 2.82. The third kappa shape index (κ3) is 3.80. The number of carboxylic acids is 1. The Morgan fingerprint density at radius 2 is 1.91 bits per heavy atom. The molecule has 2 rings (SSSR count). The van der Waals surface area contributed by atoms with Gasteiger partial charge in [0.05, 0.1) is 13.0 Å². The third-order valence-electron chi connectivity index (χ3n) is 4.25. The van der Waals surface area contributed by atoms with Crippen LogP contribution in [0.3, 0.4) is 0 Å². The fourth-order valence-corrected chi connectivity index (χ4v) is 3.09. The summed E-state index contributed by atoms with van der Waals surface area (Å²) in [5.74, 6) is 5.28. The maximum absolute atomic E-state index is 12.1. The first-order chi connectivity index (χ1) is 10.7. The first-order valence-electron chi connectivity index (χ1n) is 7.82. The number of aliphatic carboxylic acids is 1. The molecular weight excluding hydrogens is 278 g/mol. The molecule has 22 heavy (non-hydrogen) atoms. The Kier molecular flexibility index (Phi) is 5.85. The maximum Gasteiger partial charge on any atom is 0.349 e. The first-order valence-corrected chi connectivity index (χ1v) is 7.82. The molecule has 118 valence electrons. The highest BCUT2D eigenvalue weighted by Gasteiger charge is 2.48. The highest BCUT2D eigenvalue weighted by Crippen LogP contribution is 2.38. The zero-order valence-corrected chi connectivity index (χ0v) is 12.8. The van der Waals surface area contributed by atoms with Crippen LogP contribution < -0.4 is 10.5 Å². The third-order valence-corrected chi connectivity index (χ3v) is 4.25. The summed E-state index contributed by atoms with van der Waals surface area (Å²) >= 11 is 0. The number of rotatable bonds is 5. The van der Waals surface area contributed by atoms with Gasteiger partial charge in [-0.3, -0.25) is 0 Å². The summed E-state index contributed by atoms with van der Waals surface area (Å²) in [4.78, 5) is 12.1. The zero-order valence-electron chi connectivity index (χ0n) is 12.8. The van der Waals surface area contributed by atoms with Gasteiger partial charge in [0.15, 0.2) is 0 Å². The fourth-order valence-electron chi connectivity index (χ4n) is 3.09. The van der Waals surface area contributed by atoms with Crippen LogP contribution in [0.25, 0.3) is 0 Å². The average Bonchev–Trinajstić information content (AvgIpc) is 2.55. The van der Waals surface area contributed by atoms with Gasteiger partial charge in [0.2, 0.25) is 5.60 Å². The molecular formula is C18H23NO3. The molecule has 0 saturated heterocycles. The monoisotopic (exact) mass is 301 g/mol. The zero-order chi connectivity index (χ0) is 15.8. The van der Waals surface area contributed by atoms with Gasteiger partial charge in [0.25, 0.3) is 0 Å². The van der Waals surface area contributed by atoms with E-state index in [9.17, 15) is 9.90 Å². The minimum Gasteiger partial charge on any atom is -0.478 e. The largest absolute Gasteiger partial charge is 0.478 e. The van der Waals surface area contributed by atoms with Gasteiger partial charge in [-0.25, -0.2) is 4.79 Å². The van der Waals surface area contributed by atoms with Crippen molar-refractivity contribution in [3.63, 3.8) is 0 Å². The second kappa shape index (κ2) is 7.86. The van der Waals surface area contributed by atoms with Crippen molar-refractivity contribution in [3.05, 3.63) is 30.3 Å². The first kappa shape index (κ1) is 16.4. The fraction of sp³-hybridized carbons (Fsp3) is 0.500. The number of benzene rings is 1. The highest BCUT2D eigenvalue weighted by molar-refractivity contribution is 5.79. The van der Waals surface area contributed by atoms with E-state index in [4.69, 9.17) is 10.5 Å². The van der Waals surface area contributed by atoms with Gasteiger partial charge in [-0.1, -0.05) is 49.3 Å². The second-order valence-electron chi connectivity index (χ2n) is 5.68. The SMILES string of the molecule is NCC#CCC(Oc1ccccc1)(C(=O)O)C1CCCCC1. The summed E-state index contributed by atoms with van der Waals surface area (Å²) in [5.41, 5.74) is 4.12. The number of nitrogens with two attached hydrogens (primary N) is 1. The summed E-state index contributed by atoms with van der Waals surface area (Å²) in [6.07, 6.45) is 5.14. The minimum atomic E-state index is -1.29. The number of hydrogen-bond donors (Lipinski definition) is 2. The van der Waals surface area contributed by atoms with Crippen LogP contribution in [0.2, 0.25) is 0 Å². The van der Waals surface area contributed by atoms with Crippen LogP contribution in [0.1, 0.15) is 38.5 Å². The van der Waals surface area contributed by atoms with Gasteiger partial charge < -0.3 is 15.6 Å². The van der Waals surface area contributed by atoms with E-state index in [1.54, 1.807) is 12.1 Å². The molecule has 0 aromatic heterocycles. The van der Waals surface area contributed by atoms with Gasteiger partial charge in [-0.2, -0.15) is 0 Å². The quantitative estimate of drug-likeness (QED) is 0.820. The van der Waals surface area contributed by atoms with Crippen molar-refractivity contribution in [1.29, 1.82) is 0 Å². The number of carboxylic acid groups (broad SMARTS) is 1. The van der Waals surface area contributed by atoms with E-state index in [2.05, 4.69) is 11.8 Å². The molecule has 0 spiro atoms. The van der Waals surface area contributed by atoms with Gasteiger partial charge in [-0.15, -0.1) is 0 Å². The molecule has 0 heterocycles. The smallest absolute Gasteiger partial charge is 0.349 e. The Bertz CT molecular complexity index is 540. The molecule has 1 aliphatic carbocycles. The summed E-state index contributed by atoms with van der Waals surface area (Å²) in [5, 5.41) is 9.91. The van der Waals surface area contributed by atoms with Crippen molar-refractivity contribution in [2.45, 2.75) is 44.1 Å². The molecule has 0 amide bonds.